The molecule has 1 N–H and O–H groups in total. The van der Waals surface area contributed by atoms with Gasteiger partial charge in [0.15, 0.2) is 0 Å². The molecule has 1 saturated carbocycles. The van der Waals surface area contributed by atoms with Crippen molar-refractivity contribution in [3.63, 3.8) is 0 Å². The number of hydrogen-bond donors (Lipinski definition) is 1. The summed E-state index contributed by atoms with van der Waals surface area (Å²) in [6.45, 7) is 3.64. The van der Waals surface area contributed by atoms with Gasteiger partial charge >= 0.3 is 5.97 Å². The van der Waals surface area contributed by atoms with Crippen LogP contribution in [-0.2, 0) is 9.59 Å². The van der Waals surface area contributed by atoms with E-state index in [-0.39, 0.29) is 11.4 Å². The number of carbonyl (C=O) groups is 2. The number of aliphatic carboxylic acids is 1. The Hall–Kier alpha value is -1.14. The highest BCUT2D eigenvalue weighted by molar-refractivity contribution is 5.88. The molecule has 124 valence electrons. The lowest BCUT2D eigenvalue weighted by Crippen LogP contribution is -2.63. The van der Waals surface area contributed by atoms with E-state index in [1.165, 1.54) is 12.8 Å². The topological polar surface area (TPSA) is 64.1 Å². The molecule has 3 rings (SSSR count). The lowest BCUT2D eigenvalue weighted by molar-refractivity contribution is -0.152. The molecule has 0 radical (unpaired) electrons. The van der Waals surface area contributed by atoms with Crippen molar-refractivity contribution in [1.29, 1.82) is 0 Å². The number of carbonyl (C=O) groups excluding carboxylic acids is 1. The standard InChI is InChI=1S/C16H27N3O3/c1-17-10-11-18(12-13(17)14(20)21)15(22)16(6-2-3-7-16)19-8-4-5-9-19/h13H,2-12H2,1H3,(H,20,21). The molecule has 1 atom stereocenters. The van der Waals surface area contributed by atoms with Gasteiger partial charge < -0.3 is 10.0 Å². The maximum atomic E-state index is 13.3. The van der Waals surface area contributed by atoms with Gasteiger partial charge in [-0.2, -0.15) is 0 Å². The van der Waals surface area contributed by atoms with Gasteiger partial charge in [-0.1, -0.05) is 12.8 Å². The summed E-state index contributed by atoms with van der Waals surface area (Å²) in [5.74, 6) is -0.645. The molecule has 0 aromatic rings. The fourth-order valence-electron chi connectivity index (χ4n) is 4.39. The third-order valence-corrected chi connectivity index (χ3v) is 5.76. The van der Waals surface area contributed by atoms with E-state index in [4.69, 9.17) is 0 Å². The monoisotopic (exact) mass is 309 g/mol. The normalized spacial score (nSPS) is 29.9. The number of piperazine rings is 1. The molecule has 3 aliphatic rings. The molecule has 0 aromatic carbocycles. The molecule has 0 bridgehead atoms. The number of nitrogens with zero attached hydrogens (tertiary/aromatic N) is 3. The van der Waals surface area contributed by atoms with Gasteiger partial charge in [0.05, 0.1) is 0 Å². The van der Waals surface area contributed by atoms with Gasteiger partial charge in [0.25, 0.3) is 0 Å². The van der Waals surface area contributed by atoms with E-state index in [0.29, 0.717) is 19.6 Å². The molecule has 2 saturated heterocycles. The Morgan fingerprint density at radius 2 is 1.64 bits per heavy atom. The molecule has 3 fully saturated rings. The molecule has 1 amide bonds. The molecule has 2 aliphatic heterocycles. The highest BCUT2D eigenvalue weighted by Crippen LogP contribution is 2.39. The average Bonchev–Trinajstić information content (AvgIpc) is 3.18. The number of hydrogen-bond acceptors (Lipinski definition) is 4. The fraction of sp³-hybridized carbons (Fsp3) is 0.875. The van der Waals surface area contributed by atoms with Crippen LogP contribution in [0.4, 0.5) is 0 Å². The van der Waals surface area contributed by atoms with Crippen molar-refractivity contribution in [2.45, 2.75) is 50.1 Å². The van der Waals surface area contributed by atoms with Gasteiger partial charge in [0.1, 0.15) is 11.6 Å². The highest BCUT2D eigenvalue weighted by atomic mass is 16.4. The van der Waals surface area contributed by atoms with E-state index in [0.717, 1.165) is 38.8 Å². The second kappa shape index (κ2) is 6.16. The lowest BCUT2D eigenvalue weighted by Gasteiger charge is -2.44. The third-order valence-electron chi connectivity index (χ3n) is 5.76. The van der Waals surface area contributed by atoms with E-state index in [1.54, 1.807) is 0 Å². The number of amides is 1. The molecule has 1 aliphatic carbocycles. The van der Waals surface area contributed by atoms with Gasteiger partial charge in [0.2, 0.25) is 5.91 Å². The predicted octanol–water partition coefficient (Wildman–Crippen LogP) is 0.622. The molecular weight excluding hydrogens is 282 g/mol. The summed E-state index contributed by atoms with van der Waals surface area (Å²) in [5, 5.41) is 9.36. The summed E-state index contributed by atoms with van der Waals surface area (Å²) in [6.07, 6.45) is 6.45. The first-order valence-electron chi connectivity index (χ1n) is 8.52. The maximum Gasteiger partial charge on any atom is 0.322 e. The first kappa shape index (κ1) is 15.7. The Kier molecular flexibility index (Phi) is 4.41. The highest BCUT2D eigenvalue weighted by Gasteiger charge is 2.49. The minimum Gasteiger partial charge on any atom is -0.480 e. The van der Waals surface area contributed by atoms with Crippen LogP contribution < -0.4 is 0 Å². The first-order valence-corrected chi connectivity index (χ1v) is 8.52. The van der Waals surface area contributed by atoms with Gasteiger partial charge in [-0.05, 0) is 45.8 Å². The molecule has 0 aromatic heterocycles. The second-order valence-electron chi connectivity index (χ2n) is 7.02. The molecule has 0 spiro atoms. The SMILES string of the molecule is CN1CCN(C(=O)C2(N3CCCC3)CCCC2)CC1C(=O)O. The smallest absolute Gasteiger partial charge is 0.322 e. The first-order chi connectivity index (χ1) is 10.5. The zero-order valence-corrected chi connectivity index (χ0v) is 13.5. The maximum absolute atomic E-state index is 13.3. The van der Waals surface area contributed by atoms with Crippen LogP contribution in [0.3, 0.4) is 0 Å². The van der Waals surface area contributed by atoms with E-state index in [1.807, 2.05) is 16.8 Å². The Balaban J connectivity index is 1.77. The van der Waals surface area contributed by atoms with Crippen molar-refractivity contribution in [3.8, 4) is 0 Å². The van der Waals surface area contributed by atoms with Gasteiger partial charge in [-0.15, -0.1) is 0 Å². The summed E-state index contributed by atoms with van der Waals surface area (Å²) < 4.78 is 0. The van der Waals surface area contributed by atoms with E-state index >= 15 is 0 Å². The largest absolute Gasteiger partial charge is 0.480 e. The van der Waals surface area contributed by atoms with Crippen molar-refractivity contribution >= 4 is 11.9 Å². The number of carboxylic acids is 1. The summed E-state index contributed by atoms with van der Waals surface area (Å²) in [7, 11) is 1.83. The number of rotatable bonds is 3. The van der Waals surface area contributed by atoms with E-state index < -0.39 is 12.0 Å². The Bertz CT molecular complexity index is 442. The average molecular weight is 309 g/mol. The molecular formula is C16H27N3O3. The molecule has 2 heterocycles. The van der Waals surface area contributed by atoms with Crippen molar-refractivity contribution < 1.29 is 14.7 Å². The Morgan fingerprint density at radius 3 is 2.23 bits per heavy atom. The molecule has 1 unspecified atom stereocenters. The number of carboxylic acid groups (broad SMARTS) is 1. The van der Waals surface area contributed by atoms with Crippen LogP contribution in [0.2, 0.25) is 0 Å². The molecule has 6 heteroatoms. The number of likely N-dealkylation sites (N-methyl/N-ethyl adjacent to an activating group) is 1. The summed E-state index contributed by atoms with van der Waals surface area (Å²) in [5.41, 5.74) is -0.338. The van der Waals surface area contributed by atoms with Crippen molar-refractivity contribution in [2.75, 3.05) is 39.8 Å². The summed E-state index contributed by atoms with van der Waals surface area (Å²) in [6, 6.07) is -0.574. The van der Waals surface area contributed by atoms with Crippen LogP contribution >= 0.6 is 0 Å². The molecule has 22 heavy (non-hydrogen) atoms. The van der Waals surface area contributed by atoms with Crippen molar-refractivity contribution in [2.24, 2.45) is 0 Å². The zero-order valence-electron chi connectivity index (χ0n) is 13.5. The van der Waals surface area contributed by atoms with Crippen molar-refractivity contribution in [3.05, 3.63) is 0 Å². The predicted molar refractivity (Wildman–Crippen MR) is 82.6 cm³/mol. The van der Waals surface area contributed by atoms with Gasteiger partial charge in [-0.25, -0.2) is 0 Å². The minimum atomic E-state index is -0.832. The Labute approximate surface area is 132 Å². The Morgan fingerprint density at radius 1 is 1.00 bits per heavy atom. The van der Waals surface area contributed by atoms with Crippen LogP contribution in [0.5, 0.6) is 0 Å². The van der Waals surface area contributed by atoms with Crippen LogP contribution in [0, 0.1) is 0 Å². The van der Waals surface area contributed by atoms with Crippen LogP contribution in [0.1, 0.15) is 38.5 Å². The lowest BCUT2D eigenvalue weighted by atomic mass is 9.92. The summed E-state index contributed by atoms with van der Waals surface area (Å²) >= 11 is 0. The van der Waals surface area contributed by atoms with Crippen LogP contribution in [-0.4, -0.2) is 83.0 Å². The van der Waals surface area contributed by atoms with Gasteiger partial charge in [-0.3, -0.25) is 19.4 Å². The van der Waals surface area contributed by atoms with Crippen LogP contribution in [0.15, 0.2) is 0 Å². The second-order valence-corrected chi connectivity index (χ2v) is 7.02. The zero-order chi connectivity index (χ0) is 15.7. The number of likely N-dealkylation sites (tertiary alicyclic amines) is 1. The van der Waals surface area contributed by atoms with Gasteiger partial charge in [0, 0.05) is 19.6 Å². The minimum absolute atomic E-state index is 0.186. The third kappa shape index (κ3) is 2.63. The molecule has 6 nitrogen and oxygen atoms in total. The summed E-state index contributed by atoms with van der Waals surface area (Å²) in [4.78, 5) is 30.7. The quantitative estimate of drug-likeness (QED) is 0.828. The van der Waals surface area contributed by atoms with E-state index in [9.17, 15) is 14.7 Å². The van der Waals surface area contributed by atoms with Crippen LogP contribution in [0.25, 0.3) is 0 Å². The fourth-order valence-corrected chi connectivity index (χ4v) is 4.39. The van der Waals surface area contributed by atoms with Crippen molar-refractivity contribution in [1.82, 2.24) is 14.7 Å². The van der Waals surface area contributed by atoms with E-state index in [2.05, 4.69) is 4.90 Å².